The Balaban J connectivity index is 1.64. The van der Waals surface area contributed by atoms with Gasteiger partial charge in [0.1, 0.15) is 0 Å². The minimum Gasteiger partial charge on any atom is -0.287 e. The van der Waals surface area contributed by atoms with Gasteiger partial charge in [-0.1, -0.05) is 97.9 Å². The van der Waals surface area contributed by atoms with Crippen LogP contribution in [0.15, 0.2) is 52.4 Å². The first kappa shape index (κ1) is 24.0. The first-order valence-electron chi connectivity index (χ1n) is 12.3. The van der Waals surface area contributed by atoms with Crippen molar-refractivity contribution in [2.45, 2.75) is 81.2 Å². The Bertz CT molecular complexity index is 1260. The molecule has 0 aliphatic heterocycles. The van der Waals surface area contributed by atoms with E-state index in [2.05, 4.69) is 31.2 Å². The lowest BCUT2D eigenvalue weighted by Crippen LogP contribution is -2.43. The molecule has 0 amide bonds. The summed E-state index contributed by atoms with van der Waals surface area (Å²) >= 11 is 14.1. The predicted octanol–water partition coefficient (Wildman–Crippen LogP) is 8.07. The summed E-state index contributed by atoms with van der Waals surface area (Å²) in [4.78, 5) is 19.4. The van der Waals surface area contributed by atoms with Gasteiger partial charge in [-0.3, -0.25) is 9.36 Å². The Morgan fingerprint density at radius 2 is 1.88 bits per heavy atom. The maximum atomic E-state index is 14.2. The lowest BCUT2D eigenvalue weighted by molar-refractivity contribution is 0.281. The maximum absolute atomic E-state index is 14.2. The molecular weight excluding hydrogens is 483 g/mol. The quantitative estimate of drug-likeness (QED) is 0.247. The molecule has 1 aromatic heterocycles. The number of aromatic nitrogens is 2. The number of hydrogen-bond acceptors (Lipinski definition) is 3. The van der Waals surface area contributed by atoms with Gasteiger partial charge in [0.15, 0.2) is 5.16 Å². The fourth-order valence-electron chi connectivity index (χ4n) is 5.63. The molecule has 1 spiro atoms. The highest BCUT2D eigenvalue weighted by molar-refractivity contribution is 7.98. The van der Waals surface area contributed by atoms with Crippen molar-refractivity contribution in [3.05, 3.63) is 79.6 Å². The van der Waals surface area contributed by atoms with Crippen LogP contribution in [0.2, 0.25) is 10.0 Å². The number of rotatable bonds is 6. The normalized spacial score (nSPS) is 16.3. The van der Waals surface area contributed by atoms with Crippen molar-refractivity contribution in [2.75, 3.05) is 0 Å². The standard InChI is InChI=1S/C28H30Cl2N2OS/c1-2-3-15-32-26(33)24-25(31-27(32)34-18-20-11-12-21(29)16-23(20)30)22-10-6-5-9-19(22)17-28(24)13-7-4-8-14-28/h5-6,9-12,16H,2-4,7-8,13-15,17-18H2,1H3. The number of halogens is 2. The topological polar surface area (TPSA) is 34.9 Å². The summed E-state index contributed by atoms with van der Waals surface area (Å²) in [6.45, 7) is 2.86. The van der Waals surface area contributed by atoms with Gasteiger partial charge in [-0.25, -0.2) is 4.98 Å². The zero-order valence-electron chi connectivity index (χ0n) is 19.6. The minimum atomic E-state index is -0.0807. The SMILES string of the molecule is CCCCn1c(SCc2ccc(Cl)cc2Cl)nc2c(c1=O)C1(CCCCC1)Cc1ccccc1-2. The predicted molar refractivity (Wildman–Crippen MR) is 143 cm³/mol. The second kappa shape index (κ2) is 10.1. The molecule has 5 rings (SSSR count). The summed E-state index contributed by atoms with van der Waals surface area (Å²) in [6.07, 6.45) is 8.71. The van der Waals surface area contributed by atoms with E-state index in [1.165, 1.54) is 24.8 Å². The number of hydrogen-bond donors (Lipinski definition) is 0. The van der Waals surface area contributed by atoms with Crippen molar-refractivity contribution >= 4 is 35.0 Å². The Morgan fingerprint density at radius 3 is 2.65 bits per heavy atom. The fourth-order valence-corrected chi connectivity index (χ4v) is 7.20. The maximum Gasteiger partial charge on any atom is 0.258 e. The summed E-state index contributed by atoms with van der Waals surface area (Å²) in [5, 5.41) is 2.05. The molecule has 0 unspecified atom stereocenters. The van der Waals surface area contributed by atoms with Crippen molar-refractivity contribution < 1.29 is 0 Å². The molecule has 0 bridgehead atoms. The van der Waals surface area contributed by atoms with E-state index < -0.39 is 0 Å². The molecule has 1 saturated carbocycles. The van der Waals surface area contributed by atoms with Crippen LogP contribution >= 0.6 is 35.0 Å². The Kier molecular flexibility index (Phi) is 7.11. The van der Waals surface area contributed by atoms with Crippen molar-refractivity contribution in [2.24, 2.45) is 0 Å². The molecule has 1 fully saturated rings. The van der Waals surface area contributed by atoms with Crippen LogP contribution in [-0.2, 0) is 24.1 Å². The highest BCUT2D eigenvalue weighted by Crippen LogP contribution is 2.49. The van der Waals surface area contributed by atoms with E-state index in [1.54, 1.807) is 17.8 Å². The number of fused-ring (bicyclic) bond motifs is 4. The summed E-state index contributed by atoms with van der Waals surface area (Å²) in [5.41, 5.74) is 5.41. The van der Waals surface area contributed by atoms with E-state index in [0.717, 1.165) is 59.6 Å². The van der Waals surface area contributed by atoms with Gasteiger partial charge in [-0.15, -0.1) is 0 Å². The Labute approximate surface area is 215 Å². The van der Waals surface area contributed by atoms with Gasteiger partial charge in [-0.05, 0) is 48.9 Å². The smallest absolute Gasteiger partial charge is 0.258 e. The number of thioether (sulfide) groups is 1. The molecule has 1 heterocycles. The largest absolute Gasteiger partial charge is 0.287 e. The molecule has 6 heteroatoms. The number of nitrogens with zero attached hydrogens (tertiary/aromatic N) is 2. The second-order valence-corrected chi connectivity index (χ2v) is 11.4. The highest BCUT2D eigenvalue weighted by Gasteiger charge is 2.43. The van der Waals surface area contributed by atoms with Gasteiger partial charge in [0.2, 0.25) is 0 Å². The Morgan fingerprint density at radius 1 is 1.09 bits per heavy atom. The first-order valence-corrected chi connectivity index (χ1v) is 14.1. The molecule has 0 N–H and O–H groups in total. The van der Waals surface area contributed by atoms with Crippen LogP contribution in [0.3, 0.4) is 0 Å². The van der Waals surface area contributed by atoms with E-state index >= 15 is 0 Å². The van der Waals surface area contributed by atoms with Crippen LogP contribution in [-0.4, -0.2) is 9.55 Å². The van der Waals surface area contributed by atoms with Crippen molar-refractivity contribution in [3.63, 3.8) is 0 Å². The van der Waals surface area contributed by atoms with Crippen LogP contribution in [0.5, 0.6) is 0 Å². The minimum absolute atomic E-state index is 0.0807. The van der Waals surface area contributed by atoms with Crippen LogP contribution in [0.4, 0.5) is 0 Å². The molecule has 0 radical (unpaired) electrons. The summed E-state index contributed by atoms with van der Waals surface area (Å²) in [7, 11) is 0. The van der Waals surface area contributed by atoms with Crippen LogP contribution < -0.4 is 5.56 Å². The molecule has 3 aromatic rings. The summed E-state index contributed by atoms with van der Waals surface area (Å²) in [6, 6.07) is 14.1. The van der Waals surface area contributed by atoms with Gasteiger partial charge in [-0.2, -0.15) is 0 Å². The van der Waals surface area contributed by atoms with Crippen LogP contribution in [0.1, 0.15) is 68.6 Å². The zero-order chi connectivity index (χ0) is 23.7. The molecular formula is C28H30Cl2N2OS. The van der Waals surface area contributed by atoms with E-state index in [9.17, 15) is 4.79 Å². The van der Waals surface area contributed by atoms with Gasteiger partial charge in [0.25, 0.3) is 5.56 Å². The lowest BCUT2D eigenvalue weighted by Gasteiger charge is -2.42. The van der Waals surface area contributed by atoms with E-state index in [-0.39, 0.29) is 11.0 Å². The third-order valence-corrected chi connectivity index (χ3v) is 9.00. The summed E-state index contributed by atoms with van der Waals surface area (Å²) < 4.78 is 1.95. The molecule has 0 atom stereocenters. The van der Waals surface area contributed by atoms with Gasteiger partial charge >= 0.3 is 0 Å². The van der Waals surface area contributed by atoms with Gasteiger partial charge in [0.05, 0.1) is 11.3 Å². The van der Waals surface area contributed by atoms with Crippen LogP contribution in [0.25, 0.3) is 11.3 Å². The third-order valence-electron chi connectivity index (χ3n) is 7.38. The number of benzene rings is 2. The fraction of sp³-hybridized carbons (Fsp3) is 0.429. The molecule has 178 valence electrons. The average molecular weight is 514 g/mol. The zero-order valence-corrected chi connectivity index (χ0v) is 21.9. The van der Waals surface area contributed by atoms with Crippen LogP contribution in [0, 0.1) is 0 Å². The summed E-state index contributed by atoms with van der Waals surface area (Å²) in [5.74, 6) is 0.639. The lowest BCUT2D eigenvalue weighted by atomic mass is 9.62. The molecule has 2 aliphatic rings. The monoisotopic (exact) mass is 512 g/mol. The van der Waals surface area contributed by atoms with Gasteiger partial charge < -0.3 is 0 Å². The van der Waals surface area contributed by atoms with E-state index in [0.29, 0.717) is 22.3 Å². The molecule has 0 saturated heterocycles. The second-order valence-electron chi connectivity index (χ2n) is 9.63. The van der Waals surface area contributed by atoms with Crippen molar-refractivity contribution in [1.29, 1.82) is 0 Å². The molecule has 3 nitrogen and oxygen atoms in total. The van der Waals surface area contributed by atoms with Crippen molar-refractivity contribution in [1.82, 2.24) is 9.55 Å². The van der Waals surface area contributed by atoms with E-state index in [4.69, 9.17) is 28.2 Å². The molecule has 2 aliphatic carbocycles. The molecule has 34 heavy (non-hydrogen) atoms. The van der Waals surface area contributed by atoms with E-state index in [1.807, 2.05) is 16.7 Å². The number of unbranched alkanes of at least 4 members (excludes halogenated alkanes) is 1. The van der Waals surface area contributed by atoms with Gasteiger partial charge in [0, 0.05) is 33.3 Å². The highest BCUT2D eigenvalue weighted by atomic mass is 35.5. The van der Waals surface area contributed by atoms with Crippen molar-refractivity contribution in [3.8, 4) is 11.3 Å². The molecule has 2 aromatic carbocycles. The average Bonchev–Trinajstić information content (AvgIpc) is 2.83. The third kappa shape index (κ3) is 4.45. The Hall–Kier alpha value is -1.75. The first-order chi connectivity index (χ1) is 16.5.